The summed E-state index contributed by atoms with van der Waals surface area (Å²) in [5.74, 6) is 0.933. The van der Waals surface area contributed by atoms with Crippen LogP contribution in [-0.2, 0) is 10.3 Å². The maximum atomic E-state index is 12.2. The second-order valence-corrected chi connectivity index (χ2v) is 7.87. The lowest BCUT2D eigenvalue weighted by molar-refractivity contribution is -0.128. The number of phenols is 1. The third-order valence-electron chi connectivity index (χ3n) is 4.30. The second kappa shape index (κ2) is 6.64. The smallest absolute Gasteiger partial charge is 0.231 e. The summed E-state index contributed by atoms with van der Waals surface area (Å²) in [5.41, 5.74) is 7.01. The van der Waals surface area contributed by atoms with Gasteiger partial charge in [0.05, 0.1) is 12.5 Å². The summed E-state index contributed by atoms with van der Waals surface area (Å²) < 4.78 is 5.69. The summed E-state index contributed by atoms with van der Waals surface area (Å²) in [6.45, 7) is 5.79. The molecular weight excluding hydrogens is 350 g/mol. The van der Waals surface area contributed by atoms with E-state index in [4.69, 9.17) is 10.5 Å². The molecule has 0 saturated heterocycles. The number of benzene rings is 1. The Morgan fingerprint density at radius 3 is 2.69 bits per heavy atom. The van der Waals surface area contributed by atoms with Crippen LogP contribution in [-0.4, -0.2) is 35.0 Å². The van der Waals surface area contributed by atoms with E-state index in [0.29, 0.717) is 5.75 Å². The fraction of sp³-hybridized carbons (Fsp3) is 0.368. The van der Waals surface area contributed by atoms with Crippen LogP contribution in [0.25, 0.3) is 11.1 Å². The molecule has 0 aliphatic carbocycles. The van der Waals surface area contributed by atoms with Gasteiger partial charge in [-0.05, 0) is 55.5 Å². The molecule has 2 aromatic rings. The molecule has 26 heavy (non-hydrogen) atoms. The average Bonchev–Trinajstić information content (AvgIpc) is 3.02. The van der Waals surface area contributed by atoms with Crippen molar-refractivity contribution in [2.75, 3.05) is 7.05 Å². The molecule has 1 amide bonds. The molecule has 0 fully saturated rings. The van der Waals surface area contributed by atoms with E-state index >= 15 is 0 Å². The normalized spacial score (nSPS) is 20.4. The minimum absolute atomic E-state index is 0.0177. The summed E-state index contributed by atoms with van der Waals surface area (Å²) >= 11 is 1.52. The number of aromatic hydroxyl groups is 1. The molecule has 0 radical (unpaired) electrons. The van der Waals surface area contributed by atoms with Crippen molar-refractivity contribution in [2.24, 2.45) is 10.7 Å². The Morgan fingerprint density at radius 2 is 2.04 bits per heavy atom. The Balaban J connectivity index is 1.96. The molecule has 3 rings (SSSR count). The SMILES string of the molecule is CC(C)Oc1cc(O)cc(-c2csc([C@]3(C)CC(=O)N(C)C(N)=N3)c2)c1. The van der Waals surface area contributed by atoms with E-state index < -0.39 is 5.54 Å². The summed E-state index contributed by atoms with van der Waals surface area (Å²) in [7, 11) is 1.63. The largest absolute Gasteiger partial charge is 0.508 e. The van der Waals surface area contributed by atoms with Crippen molar-refractivity contribution >= 4 is 23.2 Å². The molecule has 6 nitrogen and oxygen atoms in total. The number of phenolic OH excluding ortho intramolecular Hbond substituents is 1. The number of nitrogens with two attached hydrogens (primary N) is 1. The molecule has 1 aromatic carbocycles. The minimum atomic E-state index is -0.676. The van der Waals surface area contributed by atoms with Gasteiger partial charge in [-0.15, -0.1) is 11.3 Å². The molecule has 3 N–H and O–H groups in total. The molecule has 1 atom stereocenters. The first-order valence-corrected chi connectivity index (χ1v) is 9.28. The first-order chi connectivity index (χ1) is 12.2. The van der Waals surface area contributed by atoms with E-state index in [9.17, 15) is 9.90 Å². The highest BCUT2D eigenvalue weighted by atomic mass is 32.1. The van der Waals surface area contributed by atoms with E-state index in [1.807, 2.05) is 38.3 Å². The van der Waals surface area contributed by atoms with Crippen molar-refractivity contribution in [3.8, 4) is 22.6 Å². The van der Waals surface area contributed by atoms with Crippen LogP contribution in [0.15, 0.2) is 34.6 Å². The molecule has 1 aromatic heterocycles. The Kier molecular flexibility index (Phi) is 4.66. The summed E-state index contributed by atoms with van der Waals surface area (Å²) in [5, 5.41) is 12.0. The number of guanidine groups is 1. The van der Waals surface area contributed by atoms with Crippen LogP contribution >= 0.6 is 11.3 Å². The predicted octanol–water partition coefficient (Wildman–Crippen LogP) is 3.30. The van der Waals surface area contributed by atoms with Crippen LogP contribution in [0.2, 0.25) is 0 Å². The van der Waals surface area contributed by atoms with Gasteiger partial charge in [-0.3, -0.25) is 9.69 Å². The highest BCUT2D eigenvalue weighted by Crippen LogP contribution is 2.40. The Bertz CT molecular complexity index is 875. The van der Waals surface area contributed by atoms with Crippen molar-refractivity contribution in [3.05, 3.63) is 34.5 Å². The fourth-order valence-corrected chi connectivity index (χ4v) is 3.94. The van der Waals surface area contributed by atoms with Crippen LogP contribution in [0, 0.1) is 0 Å². The van der Waals surface area contributed by atoms with Crippen molar-refractivity contribution in [1.82, 2.24) is 4.90 Å². The van der Waals surface area contributed by atoms with Crippen LogP contribution in [0.3, 0.4) is 0 Å². The number of carbonyl (C=O) groups excluding carboxylic acids is 1. The third kappa shape index (κ3) is 3.53. The average molecular weight is 373 g/mol. The number of nitrogens with zero attached hydrogens (tertiary/aromatic N) is 2. The van der Waals surface area contributed by atoms with Crippen molar-refractivity contribution < 1.29 is 14.6 Å². The molecule has 1 aliphatic heterocycles. The van der Waals surface area contributed by atoms with Gasteiger partial charge in [-0.1, -0.05) is 0 Å². The van der Waals surface area contributed by atoms with Gasteiger partial charge in [0.1, 0.15) is 17.0 Å². The van der Waals surface area contributed by atoms with Crippen molar-refractivity contribution in [3.63, 3.8) is 0 Å². The zero-order valence-electron chi connectivity index (χ0n) is 15.3. The third-order valence-corrected chi connectivity index (χ3v) is 5.48. The molecule has 0 bridgehead atoms. The molecule has 138 valence electrons. The van der Waals surface area contributed by atoms with E-state index in [2.05, 4.69) is 4.99 Å². The zero-order valence-corrected chi connectivity index (χ0v) is 16.1. The molecule has 0 spiro atoms. The second-order valence-electron chi connectivity index (χ2n) is 6.96. The fourth-order valence-electron chi connectivity index (χ4n) is 2.91. The van der Waals surface area contributed by atoms with E-state index in [1.165, 1.54) is 16.2 Å². The van der Waals surface area contributed by atoms with Crippen LogP contribution < -0.4 is 10.5 Å². The van der Waals surface area contributed by atoms with Gasteiger partial charge in [0.2, 0.25) is 5.91 Å². The predicted molar refractivity (Wildman–Crippen MR) is 104 cm³/mol. The number of hydrogen-bond donors (Lipinski definition) is 2. The van der Waals surface area contributed by atoms with Gasteiger partial charge >= 0.3 is 0 Å². The van der Waals surface area contributed by atoms with Gasteiger partial charge in [0, 0.05) is 18.0 Å². The molecule has 0 unspecified atom stereocenters. The van der Waals surface area contributed by atoms with Gasteiger partial charge in [-0.25, -0.2) is 4.99 Å². The first-order valence-electron chi connectivity index (χ1n) is 8.40. The maximum absolute atomic E-state index is 12.2. The zero-order chi connectivity index (χ0) is 19.1. The number of hydrogen-bond acceptors (Lipinski definition) is 6. The number of ether oxygens (including phenoxy) is 1. The number of thiophene rings is 1. The molecule has 2 heterocycles. The molecule has 7 heteroatoms. The lowest BCUT2D eigenvalue weighted by Gasteiger charge is -2.32. The summed E-state index contributed by atoms with van der Waals surface area (Å²) in [4.78, 5) is 19.0. The Morgan fingerprint density at radius 1 is 1.31 bits per heavy atom. The molecule has 0 saturated carbocycles. The lowest BCUT2D eigenvalue weighted by atomic mass is 9.93. The van der Waals surface area contributed by atoms with E-state index in [-0.39, 0.29) is 30.1 Å². The van der Waals surface area contributed by atoms with E-state index in [0.717, 1.165) is 16.0 Å². The van der Waals surface area contributed by atoms with Crippen LogP contribution in [0.4, 0.5) is 0 Å². The number of aliphatic imine (C=N–C) groups is 1. The Hall–Kier alpha value is -2.54. The molecular formula is C19H23N3O3S. The summed E-state index contributed by atoms with van der Waals surface area (Å²) in [6, 6.07) is 7.18. The topological polar surface area (TPSA) is 88.2 Å². The van der Waals surface area contributed by atoms with E-state index in [1.54, 1.807) is 19.2 Å². The highest BCUT2D eigenvalue weighted by Gasteiger charge is 2.37. The lowest BCUT2D eigenvalue weighted by Crippen LogP contribution is -2.47. The number of amides is 1. The number of carbonyl (C=O) groups is 1. The van der Waals surface area contributed by atoms with Gasteiger partial charge in [0.25, 0.3) is 0 Å². The van der Waals surface area contributed by atoms with Crippen molar-refractivity contribution in [2.45, 2.75) is 38.8 Å². The standard InChI is InChI=1S/C19H23N3O3S/c1-11(2)25-15-6-12(5-14(23)8-15)13-7-16(26-10-13)19(3)9-17(24)22(4)18(20)21-19/h5-8,10-11,23H,9H2,1-4H3,(H2,20,21)/t19-/m0/s1. The maximum Gasteiger partial charge on any atom is 0.231 e. The van der Waals surface area contributed by atoms with Crippen molar-refractivity contribution in [1.29, 1.82) is 0 Å². The van der Waals surface area contributed by atoms with Crippen LogP contribution in [0.5, 0.6) is 11.5 Å². The quantitative estimate of drug-likeness (QED) is 0.861. The molecule has 1 aliphatic rings. The monoisotopic (exact) mass is 373 g/mol. The highest BCUT2D eigenvalue weighted by molar-refractivity contribution is 7.10. The number of rotatable bonds is 4. The minimum Gasteiger partial charge on any atom is -0.508 e. The van der Waals surface area contributed by atoms with Gasteiger partial charge in [-0.2, -0.15) is 0 Å². The van der Waals surface area contributed by atoms with Gasteiger partial charge in [0.15, 0.2) is 5.96 Å². The van der Waals surface area contributed by atoms with Crippen LogP contribution in [0.1, 0.15) is 32.1 Å². The first kappa shape index (κ1) is 18.3. The Labute approximate surface area is 156 Å². The summed E-state index contributed by atoms with van der Waals surface area (Å²) in [6.07, 6.45) is 0.287. The van der Waals surface area contributed by atoms with Gasteiger partial charge < -0.3 is 15.6 Å².